The maximum Gasteiger partial charge on any atom is 0.0366 e. The van der Waals surface area contributed by atoms with E-state index in [1.54, 1.807) is 0 Å². The van der Waals surface area contributed by atoms with Gasteiger partial charge in [-0.1, -0.05) is 17.7 Å². The summed E-state index contributed by atoms with van der Waals surface area (Å²) in [5, 5.41) is 0. The molecule has 1 aromatic carbocycles. The van der Waals surface area contributed by atoms with E-state index in [2.05, 4.69) is 49.6 Å². The van der Waals surface area contributed by atoms with Crippen molar-refractivity contribution in [2.45, 2.75) is 33.2 Å². The van der Waals surface area contributed by atoms with Crippen LogP contribution in [0, 0.1) is 0 Å². The average Bonchev–Trinajstić information content (AvgIpc) is 2.30. The zero-order valence-corrected chi connectivity index (χ0v) is 12.5. The third-order valence-electron chi connectivity index (χ3n) is 3.02. The minimum atomic E-state index is 0. The molecule has 2 nitrogen and oxygen atoms in total. The fourth-order valence-corrected chi connectivity index (χ4v) is 2.01. The Labute approximate surface area is 117 Å². The van der Waals surface area contributed by atoms with Crippen molar-refractivity contribution in [1.82, 2.24) is 0 Å². The molecule has 102 valence electrons. The Morgan fingerprint density at radius 1 is 1.22 bits per heavy atom. The molecule has 0 aromatic heterocycles. The Hall–Kier alpha value is -0.990. The Morgan fingerprint density at radius 2 is 1.72 bits per heavy atom. The van der Waals surface area contributed by atoms with Crippen molar-refractivity contribution in [2.75, 3.05) is 18.0 Å². The Bertz CT molecular complexity index is 355. The van der Waals surface area contributed by atoms with E-state index in [-0.39, 0.29) is 18.4 Å². The van der Waals surface area contributed by atoms with Crippen LogP contribution in [0.3, 0.4) is 0 Å². The molecule has 0 aliphatic heterocycles. The van der Waals surface area contributed by atoms with Gasteiger partial charge in [0.15, 0.2) is 0 Å². The molecule has 0 unspecified atom stereocenters. The van der Waals surface area contributed by atoms with Gasteiger partial charge < -0.3 is 10.6 Å². The summed E-state index contributed by atoms with van der Waals surface area (Å²) < 4.78 is 0. The molecule has 18 heavy (non-hydrogen) atoms. The van der Waals surface area contributed by atoms with E-state index in [4.69, 9.17) is 5.73 Å². The van der Waals surface area contributed by atoms with Crippen molar-refractivity contribution in [3.8, 4) is 0 Å². The summed E-state index contributed by atoms with van der Waals surface area (Å²) >= 11 is 0. The van der Waals surface area contributed by atoms with Gasteiger partial charge in [0.2, 0.25) is 0 Å². The molecule has 0 aliphatic carbocycles. The van der Waals surface area contributed by atoms with Gasteiger partial charge in [-0.15, -0.1) is 19.0 Å². The zero-order valence-electron chi connectivity index (χ0n) is 11.6. The van der Waals surface area contributed by atoms with Crippen LogP contribution >= 0.6 is 12.4 Å². The fraction of sp³-hybridized carbons (Fsp3) is 0.467. The lowest BCUT2D eigenvalue weighted by Crippen LogP contribution is -2.21. The normalized spacial score (nSPS) is 11.6. The molecule has 1 atom stereocenters. The summed E-state index contributed by atoms with van der Waals surface area (Å²) in [6, 6.07) is 8.63. The summed E-state index contributed by atoms with van der Waals surface area (Å²) in [7, 11) is 0. The van der Waals surface area contributed by atoms with Gasteiger partial charge in [0, 0.05) is 24.8 Å². The number of halogens is 1. The second-order valence-electron chi connectivity index (χ2n) is 4.53. The lowest BCUT2D eigenvalue weighted by Gasteiger charge is -2.21. The Morgan fingerprint density at radius 3 is 2.11 bits per heavy atom. The van der Waals surface area contributed by atoms with Crippen LogP contribution in [0.25, 0.3) is 0 Å². The molecule has 0 heterocycles. The van der Waals surface area contributed by atoms with Gasteiger partial charge in [0.25, 0.3) is 0 Å². The predicted molar refractivity (Wildman–Crippen MR) is 83.6 cm³/mol. The summed E-state index contributed by atoms with van der Waals surface area (Å²) in [5.74, 6) is 0. The third-order valence-corrected chi connectivity index (χ3v) is 3.02. The zero-order chi connectivity index (χ0) is 12.8. The van der Waals surface area contributed by atoms with E-state index in [1.165, 1.54) is 11.3 Å². The summed E-state index contributed by atoms with van der Waals surface area (Å²) in [4.78, 5) is 2.33. The molecule has 1 rings (SSSR count). The maximum atomic E-state index is 6.11. The van der Waals surface area contributed by atoms with Gasteiger partial charge in [0.1, 0.15) is 0 Å². The van der Waals surface area contributed by atoms with Gasteiger partial charge in [-0.25, -0.2) is 0 Å². The summed E-state index contributed by atoms with van der Waals surface area (Å²) in [6.07, 6.45) is 0.852. The number of benzene rings is 1. The van der Waals surface area contributed by atoms with Crippen LogP contribution in [0.5, 0.6) is 0 Å². The summed E-state index contributed by atoms with van der Waals surface area (Å²) in [5.41, 5.74) is 9.69. The molecule has 0 aliphatic rings. The van der Waals surface area contributed by atoms with Crippen LogP contribution < -0.4 is 10.6 Å². The van der Waals surface area contributed by atoms with Crippen LogP contribution in [0.1, 0.15) is 38.8 Å². The van der Waals surface area contributed by atoms with Crippen molar-refractivity contribution < 1.29 is 0 Å². The molecule has 0 amide bonds. The highest BCUT2D eigenvalue weighted by Crippen LogP contribution is 2.21. The topological polar surface area (TPSA) is 29.3 Å². The fourth-order valence-electron chi connectivity index (χ4n) is 2.01. The molecule has 0 bridgehead atoms. The first kappa shape index (κ1) is 17.0. The first-order valence-corrected chi connectivity index (χ1v) is 6.33. The Kier molecular flexibility index (Phi) is 7.72. The quantitative estimate of drug-likeness (QED) is 0.793. The molecular formula is C15H25ClN2. The van der Waals surface area contributed by atoms with Crippen molar-refractivity contribution in [1.29, 1.82) is 0 Å². The molecule has 0 saturated carbocycles. The third kappa shape index (κ3) is 4.71. The highest BCUT2D eigenvalue weighted by Gasteiger charge is 2.07. The largest absolute Gasteiger partial charge is 0.372 e. The van der Waals surface area contributed by atoms with Gasteiger partial charge >= 0.3 is 0 Å². The first-order valence-electron chi connectivity index (χ1n) is 6.33. The van der Waals surface area contributed by atoms with Crippen LogP contribution in [0.4, 0.5) is 5.69 Å². The number of rotatable bonds is 6. The second kappa shape index (κ2) is 8.17. The molecule has 0 fully saturated rings. The van der Waals surface area contributed by atoms with Crippen LogP contribution in [0.2, 0.25) is 0 Å². The number of anilines is 1. The number of hydrogen-bond acceptors (Lipinski definition) is 2. The number of hydrogen-bond donors (Lipinski definition) is 1. The Balaban J connectivity index is 0.00000289. The minimum Gasteiger partial charge on any atom is -0.372 e. The smallest absolute Gasteiger partial charge is 0.0366 e. The molecular weight excluding hydrogens is 244 g/mol. The standard InChI is InChI=1S/C15H24N2.ClH/c1-5-17(6-2)14-9-7-13(8-10-14)15(16)11-12(3)4;/h7-10,15H,3,5-6,11,16H2,1-2,4H3;1H/t15-;/m1./s1. The van der Waals surface area contributed by atoms with Gasteiger partial charge in [0.05, 0.1) is 0 Å². The maximum absolute atomic E-state index is 6.11. The number of nitrogens with two attached hydrogens (primary N) is 1. The highest BCUT2D eigenvalue weighted by molar-refractivity contribution is 5.85. The van der Waals surface area contributed by atoms with Crippen molar-refractivity contribution >= 4 is 18.1 Å². The van der Waals surface area contributed by atoms with Crippen molar-refractivity contribution in [3.05, 3.63) is 42.0 Å². The van der Waals surface area contributed by atoms with E-state index in [9.17, 15) is 0 Å². The van der Waals surface area contributed by atoms with E-state index >= 15 is 0 Å². The molecule has 0 radical (unpaired) electrons. The summed E-state index contributed by atoms with van der Waals surface area (Å²) in [6.45, 7) is 12.3. The predicted octanol–water partition coefficient (Wildman–Crippen LogP) is 3.92. The lowest BCUT2D eigenvalue weighted by molar-refractivity contribution is 0.717. The van der Waals surface area contributed by atoms with Crippen molar-refractivity contribution in [3.63, 3.8) is 0 Å². The van der Waals surface area contributed by atoms with Crippen LogP contribution in [-0.2, 0) is 0 Å². The lowest BCUT2D eigenvalue weighted by atomic mass is 10.0. The van der Waals surface area contributed by atoms with E-state index in [0.29, 0.717) is 0 Å². The molecule has 0 spiro atoms. The minimum absolute atomic E-state index is 0. The van der Waals surface area contributed by atoms with E-state index in [0.717, 1.165) is 25.1 Å². The average molecular weight is 269 g/mol. The monoisotopic (exact) mass is 268 g/mol. The van der Waals surface area contributed by atoms with E-state index < -0.39 is 0 Å². The number of nitrogens with zero attached hydrogens (tertiary/aromatic N) is 1. The molecule has 1 aromatic rings. The van der Waals surface area contributed by atoms with Crippen LogP contribution in [0.15, 0.2) is 36.4 Å². The first-order chi connectivity index (χ1) is 8.08. The second-order valence-corrected chi connectivity index (χ2v) is 4.53. The molecule has 3 heteroatoms. The van der Waals surface area contributed by atoms with Crippen LogP contribution in [-0.4, -0.2) is 13.1 Å². The highest BCUT2D eigenvalue weighted by atomic mass is 35.5. The van der Waals surface area contributed by atoms with Gasteiger partial charge in [-0.3, -0.25) is 0 Å². The molecule has 2 N–H and O–H groups in total. The van der Waals surface area contributed by atoms with Gasteiger partial charge in [-0.2, -0.15) is 0 Å². The van der Waals surface area contributed by atoms with E-state index in [1.807, 2.05) is 6.92 Å². The van der Waals surface area contributed by atoms with Crippen molar-refractivity contribution in [2.24, 2.45) is 5.73 Å². The van der Waals surface area contributed by atoms with Gasteiger partial charge in [-0.05, 0) is 44.9 Å². The molecule has 0 saturated heterocycles. The SMILES string of the molecule is C=C(C)C[C@@H](N)c1ccc(N(CC)CC)cc1.Cl.